The van der Waals surface area contributed by atoms with Crippen LogP contribution in [0.15, 0.2) is 91.5 Å². The van der Waals surface area contributed by atoms with Crippen molar-refractivity contribution in [2.45, 2.75) is 49.1 Å². The minimum absolute atomic E-state index is 0. The van der Waals surface area contributed by atoms with E-state index < -0.39 is 24.3 Å². The number of carbonyl (C=O) groups is 2. The lowest BCUT2D eigenvalue weighted by Crippen LogP contribution is -2.40. The van der Waals surface area contributed by atoms with E-state index in [0.717, 1.165) is 11.1 Å². The summed E-state index contributed by atoms with van der Waals surface area (Å²) in [7, 11) is 0. The number of nitrogens with one attached hydrogen (secondary N) is 4. The molecule has 0 unspecified atom stereocenters. The highest BCUT2D eigenvalue weighted by Crippen LogP contribution is 2.35. The number of benzene rings is 2. The van der Waals surface area contributed by atoms with Crippen molar-refractivity contribution in [1.82, 2.24) is 35.1 Å². The third-order valence-electron chi connectivity index (χ3n) is 9.30. The third kappa shape index (κ3) is 7.32. The van der Waals surface area contributed by atoms with Crippen LogP contribution < -0.4 is 26.2 Å². The Morgan fingerprint density at radius 2 is 1.72 bits per heavy atom. The van der Waals surface area contributed by atoms with Gasteiger partial charge in [-0.25, -0.2) is 9.78 Å². The zero-order valence-corrected chi connectivity index (χ0v) is 27.9. The van der Waals surface area contributed by atoms with Crippen LogP contribution >= 0.6 is 12.4 Å². The summed E-state index contributed by atoms with van der Waals surface area (Å²) < 4.78 is 1.76. The highest BCUT2D eigenvalue weighted by molar-refractivity contribution is 5.89. The first kappa shape index (κ1) is 34.5. The van der Waals surface area contributed by atoms with Gasteiger partial charge in [-0.05, 0) is 36.1 Å². The molecule has 2 fully saturated rings. The average molecular weight is 699 g/mol. The molecule has 1 aliphatic carbocycles. The maximum absolute atomic E-state index is 12.7. The molecule has 14 nitrogen and oxygen atoms in total. The first-order valence-electron chi connectivity index (χ1n) is 16.3. The first-order valence-corrected chi connectivity index (χ1v) is 16.3. The van der Waals surface area contributed by atoms with Crippen molar-refractivity contribution >= 4 is 53.5 Å². The topological polar surface area (TPSA) is 182 Å². The fourth-order valence-electron chi connectivity index (χ4n) is 6.80. The van der Waals surface area contributed by atoms with Crippen molar-refractivity contribution < 1.29 is 19.8 Å². The molecule has 0 radical (unpaired) electrons. The number of carbonyl (C=O) groups excluding carboxylic acids is 2. The number of imidazole rings is 1. The van der Waals surface area contributed by atoms with Crippen molar-refractivity contribution in [3.05, 3.63) is 103 Å². The summed E-state index contributed by atoms with van der Waals surface area (Å²) in [4.78, 5) is 44.5. The highest BCUT2D eigenvalue weighted by Gasteiger charge is 2.43. The number of pyridine rings is 1. The molecule has 2 aromatic carbocycles. The normalized spacial score (nSPS) is 21.5. The van der Waals surface area contributed by atoms with Gasteiger partial charge in [0.25, 0.3) is 0 Å². The van der Waals surface area contributed by atoms with Gasteiger partial charge in [0.15, 0.2) is 17.0 Å². The standard InChI is InChI=1S/C35H38N10O4.ClH/c46-21-39-27-16-28(31(48)30(27)47)45-20-38-29-32(37-18-26(22-8-3-1-4-9-22)23-10-5-2-6-11-23)42-34(43-33(29)45)44-15-13-25(19-44)41-35(49)40-24-12-7-14-36-17-24;/h1-12,14,17,20-21,25-28,30-31,47-48H,13,15-16,18-19H2,(H,39,46)(H,37,42,43)(H2,40,41,49);1H/t25-,27+,28-,30-,31+;/m1./s1. The van der Waals surface area contributed by atoms with Crippen molar-refractivity contribution in [3.63, 3.8) is 0 Å². The Morgan fingerprint density at radius 1 is 0.980 bits per heavy atom. The number of rotatable bonds is 11. The summed E-state index contributed by atoms with van der Waals surface area (Å²) in [6.45, 7) is 1.59. The van der Waals surface area contributed by atoms with Crippen LogP contribution in [-0.2, 0) is 4.79 Å². The van der Waals surface area contributed by atoms with Gasteiger partial charge in [-0.2, -0.15) is 9.97 Å². The SMILES string of the molecule is Cl.O=CN[C@H]1C[C@@H](n2cnc3c(NCC(c4ccccc4)c4ccccc4)nc(N4CC[C@@H](NC(=O)Nc5cccnc5)C4)nc32)[C@H](O)[C@@H]1O. The molecule has 260 valence electrons. The van der Waals surface area contributed by atoms with Crippen LogP contribution in [0.3, 0.4) is 0 Å². The minimum atomic E-state index is -1.15. The molecule has 4 heterocycles. The van der Waals surface area contributed by atoms with Crippen LogP contribution in [0.25, 0.3) is 11.2 Å². The van der Waals surface area contributed by atoms with E-state index in [-0.39, 0.29) is 30.4 Å². The second-order valence-electron chi connectivity index (χ2n) is 12.4. The number of aliphatic hydroxyl groups excluding tert-OH is 2. The van der Waals surface area contributed by atoms with E-state index in [9.17, 15) is 19.8 Å². The summed E-state index contributed by atoms with van der Waals surface area (Å²) >= 11 is 0. The molecule has 2 aliphatic rings. The molecule has 7 rings (SSSR count). The Balaban J connectivity index is 0.00000432. The van der Waals surface area contributed by atoms with E-state index in [1.165, 1.54) is 0 Å². The lowest BCUT2D eigenvalue weighted by Gasteiger charge is -2.22. The van der Waals surface area contributed by atoms with Gasteiger partial charge >= 0.3 is 6.03 Å². The van der Waals surface area contributed by atoms with E-state index in [2.05, 4.69) is 55.5 Å². The second kappa shape index (κ2) is 15.5. The largest absolute Gasteiger partial charge is 0.388 e. The molecule has 1 aliphatic heterocycles. The molecular formula is C35H39ClN10O4. The summed E-state index contributed by atoms with van der Waals surface area (Å²) in [5.41, 5.74) is 3.89. The quantitative estimate of drug-likeness (QED) is 0.112. The molecular weight excluding hydrogens is 660 g/mol. The summed E-state index contributed by atoms with van der Waals surface area (Å²) in [6.07, 6.45) is 4.03. The highest BCUT2D eigenvalue weighted by atomic mass is 35.5. The van der Waals surface area contributed by atoms with E-state index >= 15 is 0 Å². The number of hydrogen-bond acceptors (Lipinski definition) is 10. The lowest BCUT2D eigenvalue weighted by molar-refractivity contribution is -0.111. The molecule has 15 heteroatoms. The van der Waals surface area contributed by atoms with E-state index in [4.69, 9.17) is 9.97 Å². The van der Waals surface area contributed by atoms with Gasteiger partial charge in [0.05, 0.1) is 30.3 Å². The summed E-state index contributed by atoms with van der Waals surface area (Å²) in [5, 5.41) is 33.7. The molecule has 6 N–H and O–H groups in total. The first-order chi connectivity index (χ1) is 24.0. The molecule has 1 saturated carbocycles. The van der Waals surface area contributed by atoms with Crippen molar-refractivity contribution in [3.8, 4) is 0 Å². The fourth-order valence-corrected chi connectivity index (χ4v) is 6.80. The average Bonchev–Trinajstić information content (AvgIpc) is 3.84. The number of hydrogen-bond donors (Lipinski definition) is 6. The molecule has 3 aromatic heterocycles. The van der Waals surface area contributed by atoms with Gasteiger partial charge in [0.2, 0.25) is 12.4 Å². The van der Waals surface area contributed by atoms with E-state index in [1.807, 2.05) is 41.3 Å². The third-order valence-corrected chi connectivity index (χ3v) is 9.30. The molecule has 1 saturated heterocycles. The molecule has 0 spiro atoms. The molecule has 3 amide bonds. The summed E-state index contributed by atoms with van der Waals surface area (Å²) in [6, 6.07) is 22.4. The maximum Gasteiger partial charge on any atom is 0.319 e. The smallest absolute Gasteiger partial charge is 0.319 e. The Hall–Kier alpha value is -5.31. The van der Waals surface area contributed by atoms with E-state index in [0.29, 0.717) is 67.5 Å². The fraction of sp³-hybridized carbons (Fsp3) is 0.314. The number of aliphatic hydroxyl groups is 2. The number of aromatic nitrogens is 5. The molecule has 0 bridgehead atoms. The number of amides is 3. The monoisotopic (exact) mass is 698 g/mol. The number of nitrogens with zero attached hydrogens (tertiary/aromatic N) is 6. The molecule has 50 heavy (non-hydrogen) atoms. The van der Waals surface area contributed by atoms with Gasteiger partial charge in [-0.15, -0.1) is 12.4 Å². The lowest BCUT2D eigenvalue weighted by atomic mass is 9.91. The Bertz CT molecular complexity index is 1850. The zero-order valence-electron chi connectivity index (χ0n) is 27.0. The van der Waals surface area contributed by atoms with Crippen molar-refractivity contribution in [1.29, 1.82) is 0 Å². The van der Waals surface area contributed by atoms with Crippen LogP contribution in [0, 0.1) is 0 Å². The number of halogens is 1. The van der Waals surface area contributed by atoms with Gasteiger partial charge in [0, 0.05) is 37.8 Å². The molecule has 5 aromatic rings. The predicted octanol–water partition coefficient (Wildman–Crippen LogP) is 3.07. The Labute approximate surface area is 294 Å². The maximum atomic E-state index is 12.7. The Morgan fingerprint density at radius 3 is 2.40 bits per heavy atom. The zero-order chi connectivity index (χ0) is 33.7. The van der Waals surface area contributed by atoms with Gasteiger partial charge < -0.3 is 40.9 Å². The van der Waals surface area contributed by atoms with Crippen LogP contribution in [-0.4, -0.2) is 91.1 Å². The van der Waals surface area contributed by atoms with Crippen LogP contribution in [0.4, 0.5) is 22.2 Å². The van der Waals surface area contributed by atoms with Crippen molar-refractivity contribution in [2.75, 3.05) is 35.2 Å². The second-order valence-corrected chi connectivity index (χ2v) is 12.4. The van der Waals surface area contributed by atoms with Crippen LogP contribution in [0.2, 0.25) is 0 Å². The van der Waals surface area contributed by atoms with Gasteiger partial charge in [-0.1, -0.05) is 60.7 Å². The van der Waals surface area contributed by atoms with Gasteiger partial charge in [-0.3, -0.25) is 9.78 Å². The predicted molar refractivity (Wildman–Crippen MR) is 191 cm³/mol. The number of anilines is 3. The van der Waals surface area contributed by atoms with Crippen LogP contribution in [0.1, 0.15) is 35.9 Å². The van der Waals surface area contributed by atoms with Gasteiger partial charge in [0.1, 0.15) is 12.2 Å². The minimum Gasteiger partial charge on any atom is -0.388 e. The Kier molecular flexibility index (Phi) is 10.7. The molecule has 5 atom stereocenters. The number of fused-ring (bicyclic) bond motifs is 1. The number of urea groups is 1. The van der Waals surface area contributed by atoms with Crippen LogP contribution in [0.5, 0.6) is 0 Å². The summed E-state index contributed by atoms with van der Waals surface area (Å²) in [5.74, 6) is 0.982. The van der Waals surface area contributed by atoms with E-state index in [1.54, 1.807) is 35.4 Å². The van der Waals surface area contributed by atoms with Crippen molar-refractivity contribution in [2.24, 2.45) is 0 Å².